The Kier molecular flexibility index (Phi) is 14.9. The van der Waals surface area contributed by atoms with Gasteiger partial charge in [-0.2, -0.15) is 0 Å². The minimum Gasteiger partial charge on any atom is -0.102 e. The summed E-state index contributed by atoms with van der Waals surface area (Å²) in [5, 5.41) is 2.66. The van der Waals surface area contributed by atoms with Crippen molar-refractivity contribution in [2.24, 2.45) is 34.0 Å². The molecule has 0 spiro atoms. The van der Waals surface area contributed by atoms with Crippen LogP contribution in [0.3, 0.4) is 0 Å². The lowest BCUT2D eigenvalue weighted by atomic mass is 9.59. The zero-order chi connectivity index (χ0) is 34.7. The van der Waals surface area contributed by atoms with Crippen LogP contribution in [0, 0.1) is 34.0 Å². The summed E-state index contributed by atoms with van der Waals surface area (Å²) >= 11 is 0. The van der Waals surface area contributed by atoms with E-state index >= 15 is 0 Å². The van der Waals surface area contributed by atoms with Gasteiger partial charge in [-0.1, -0.05) is 200 Å². The van der Waals surface area contributed by atoms with Crippen molar-refractivity contribution < 1.29 is 0 Å². The number of unbranched alkanes of at least 4 members (excludes halogenated alkanes) is 8. The first-order chi connectivity index (χ1) is 22.3. The van der Waals surface area contributed by atoms with Crippen molar-refractivity contribution >= 4 is 11.6 Å². The summed E-state index contributed by atoms with van der Waals surface area (Å²) in [4.78, 5) is 0. The van der Waals surface area contributed by atoms with Gasteiger partial charge >= 0.3 is 0 Å². The number of allylic oxidation sites excluding steroid dienone is 9. The normalized spacial score (nSPS) is 19.7. The molecule has 3 atom stereocenters. The fourth-order valence-corrected chi connectivity index (χ4v) is 8.10. The van der Waals surface area contributed by atoms with Crippen molar-refractivity contribution in [3.8, 4) is 0 Å². The van der Waals surface area contributed by atoms with E-state index in [1.807, 2.05) is 0 Å². The smallest absolute Gasteiger partial charge is 0.0203 e. The van der Waals surface area contributed by atoms with Gasteiger partial charge in [0.15, 0.2) is 0 Å². The predicted octanol–water partition coefficient (Wildman–Crippen LogP) is 13.2. The lowest BCUT2D eigenvalue weighted by Gasteiger charge is -2.46. The largest absolute Gasteiger partial charge is 0.102 e. The van der Waals surface area contributed by atoms with Crippen molar-refractivity contribution in [3.63, 3.8) is 0 Å². The lowest BCUT2D eigenvalue weighted by molar-refractivity contribution is 0.0385. The molecule has 2 aliphatic carbocycles. The zero-order valence-corrected chi connectivity index (χ0v) is 32.5. The fourth-order valence-electron chi connectivity index (χ4n) is 8.10. The van der Waals surface area contributed by atoms with Crippen LogP contribution < -0.4 is 10.4 Å². The molecule has 0 heterocycles. The summed E-state index contributed by atoms with van der Waals surface area (Å²) in [7, 11) is 0. The Bertz CT molecular complexity index is 1400. The molecule has 0 saturated carbocycles. The number of hydrogen-bond donors (Lipinski definition) is 0. The van der Waals surface area contributed by atoms with E-state index in [2.05, 4.69) is 143 Å². The van der Waals surface area contributed by atoms with Crippen molar-refractivity contribution in [1.82, 2.24) is 0 Å². The molecule has 0 aliphatic heterocycles. The fraction of sp³-hybridized carbons (Fsp3) is 0.617. The minimum absolute atomic E-state index is 0.00781. The van der Waals surface area contributed by atoms with Crippen LogP contribution in [0.4, 0.5) is 0 Å². The molecule has 3 rings (SSSR count). The van der Waals surface area contributed by atoms with Gasteiger partial charge in [0.25, 0.3) is 0 Å². The average molecular weight is 637 g/mol. The molecule has 1 aromatic rings. The molecule has 0 aromatic heterocycles. The van der Waals surface area contributed by atoms with Crippen molar-refractivity contribution in [2.75, 3.05) is 0 Å². The van der Waals surface area contributed by atoms with E-state index < -0.39 is 0 Å². The third-order valence-corrected chi connectivity index (χ3v) is 12.7. The molecule has 1 aromatic carbocycles. The van der Waals surface area contributed by atoms with Gasteiger partial charge < -0.3 is 0 Å². The molecule has 47 heavy (non-hydrogen) atoms. The van der Waals surface area contributed by atoms with Gasteiger partial charge in [-0.05, 0) is 80.6 Å². The van der Waals surface area contributed by atoms with Crippen molar-refractivity contribution in [3.05, 3.63) is 94.5 Å². The highest BCUT2D eigenvalue weighted by Gasteiger charge is 2.41. The first-order valence-electron chi connectivity index (χ1n) is 19.6. The molecule has 0 radical (unpaired) electrons. The predicted molar refractivity (Wildman–Crippen MR) is 212 cm³/mol. The maximum atomic E-state index is 4.28. The van der Waals surface area contributed by atoms with Crippen molar-refractivity contribution in [1.29, 1.82) is 0 Å². The average Bonchev–Trinajstić information content (AvgIpc) is 3.15. The Morgan fingerprint density at radius 2 is 1.32 bits per heavy atom. The topological polar surface area (TPSA) is 0 Å². The Morgan fingerprint density at radius 3 is 1.94 bits per heavy atom. The van der Waals surface area contributed by atoms with Crippen LogP contribution in [0.25, 0.3) is 11.6 Å². The van der Waals surface area contributed by atoms with Crippen molar-refractivity contribution in [2.45, 2.75) is 153 Å². The summed E-state index contributed by atoms with van der Waals surface area (Å²) in [6.07, 6.45) is 34.3. The van der Waals surface area contributed by atoms with Crippen LogP contribution in [-0.4, -0.2) is 0 Å². The van der Waals surface area contributed by atoms with Gasteiger partial charge in [-0.3, -0.25) is 0 Å². The van der Waals surface area contributed by atoms with Crippen LogP contribution in [0.5, 0.6) is 0 Å². The number of rotatable bonds is 19. The summed E-state index contributed by atoms with van der Waals surface area (Å²) in [6, 6.07) is 9.03. The molecule has 2 bridgehead atoms. The van der Waals surface area contributed by atoms with Gasteiger partial charge in [0, 0.05) is 5.41 Å². The SMILES string of the molecule is C=CC(C)C1=c2ccccc2=CC=C2C=C(C(C)CC(C)(C)C(C)(C)C(C)C)C=CC(=C1)C2(CCCCCC)CCCCCCCC. The summed E-state index contributed by atoms with van der Waals surface area (Å²) in [5.41, 5.74) is 6.42. The molecular formula is C47H72. The number of hydrogen-bond acceptors (Lipinski definition) is 0. The molecule has 0 heteroatoms. The quantitative estimate of drug-likeness (QED) is 0.105. The second kappa shape index (κ2) is 17.9. The van der Waals surface area contributed by atoms with Gasteiger partial charge in [0.2, 0.25) is 0 Å². The summed E-state index contributed by atoms with van der Waals surface area (Å²) in [6.45, 7) is 28.5. The number of benzene rings is 1. The monoisotopic (exact) mass is 637 g/mol. The molecule has 0 nitrogen and oxygen atoms in total. The van der Waals surface area contributed by atoms with Gasteiger partial charge in [-0.15, -0.1) is 6.58 Å². The molecule has 3 unspecified atom stereocenters. The standard InChI is InChI=1S/C47H72/c1-12-15-17-19-20-24-32-47(31-23-18-16-13-2)41-29-27-39-25-21-22-26-43(39)44(37(6)14-3)34-42(47)30-28-40(33-41)38(7)35-45(8,9)46(10,11)36(4)5/h14,21-22,25-30,33-34,36-38H,3,12-13,15-20,23-24,31-32,35H2,1-2,4-11H3. The Labute approximate surface area is 292 Å². The third-order valence-electron chi connectivity index (χ3n) is 12.7. The van der Waals surface area contributed by atoms with Gasteiger partial charge in [0.1, 0.15) is 0 Å². The maximum Gasteiger partial charge on any atom is 0.0203 e. The first-order valence-corrected chi connectivity index (χ1v) is 19.6. The van der Waals surface area contributed by atoms with E-state index in [1.54, 1.807) is 0 Å². The van der Waals surface area contributed by atoms with E-state index in [1.165, 1.54) is 116 Å². The van der Waals surface area contributed by atoms with E-state index in [9.17, 15) is 0 Å². The maximum absolute atomic E-state index is 4.28. The van der Waals surface area contributed by atoms with E-state index in [-0.39, 0.29) is 22.2 Å². The highest BCUT2D eigenvalue weighted by Crippen LogP contribution is 2.52. The molecule has 0 amide bonds. The lowest BCUT2D eigenvalue weighted by Crippen LogP contribution is -2.38. The second-order valence-electron chi connectivity index (χ2n) is 16.7. The number of fused-ring (bicyclic) bond motifs is 3. The molecular weight excluding hydrogens is 565 g/mol. The van der Waals surface area contributed by atoms with Crippen LogP contribution in [0.1, 0.15) is 153 Å². The summed E-state index contributed by atoms with van der Waals surface area (Å²) in [5.74, 6) is 1.38. The minimum atomic E-state index is 0.00781. The van der Waals surface area contributed by atoms with E-state index in [0.717, 1.165) is 0 Å². The van der Waals surface area contributed by atoms with Crippen LogP contribution in [0.2, 0.25) is 0 Å². The molecule has 260 valence electrons. The highest BCUT2D eigenvalue weighted by molar-refractivity contribution is 5.68. The molecule has 0 N–H and O–H groups in total. The Hall–Kier alpha value is -2.34. The first kappa shape index (κ1) is 39.1. The third kappa shape index (κ3) is 9.64. The van der Waals surface area contributed by atoms with Crippen LogP contribution in [0.15, 0.2) is 84.0 Å². The molecule has 0 fully saturated rings. The van der Waals surface area contributed by atoms with Crippen LogP contribution >= 0.6 is 0 Å². The van der Waals surface area contributed by atoms with Gasteiger partial charge in [0.05, 0.1) is 0 Å². The Morgan fingerprint density at radius 1 is 0.723 bits per heavy atom. The van der Waals surface area contributed by atoms with Crippen LogP contribution in [-0.2, 0) is 0 Å². The highest BCUT2D eigenvalue weighted by atomic mass is 14.5. The molecule has 2 aliphatic rings. The van der Waals surface area contributed by atoms with Gasteiger partial charge in [-0.25, -0.2) is 0 Å². The molecule has 0 saturated heterocycles. The van der Waals surface area contributed by atoms with E-state index in [4.69, 9.17) is 0 Å². The Balaban J connectivity index is 2.27. The summed E-state index contributed by atoms with van der Waals surface area (Å²) < 4.78 is 0. The van der Waals surface area contributed by atoms with E-state index in [0.29, 0.717) is 11.8 Å². The zero-order valence-electron chi connectivity index (χ0n) is 32.5. The second-order valence-corrected chi connectivity index (χ2v) is 16.7.